The Morgan fingerprint density at radius 1 is 1.10 bits per heavy atom. The van der Waals surface area contributed by atoms with Crippen LogP contribution in [0, 0.1) is 18.8 Å². The second-order valence-corrected chi connectivity index (χ2v) is 9.99. The first-order chi connectivity index (χ1) is 14.9. The molecule has 2 aliphatic rings. The van der Waals surface area contributed by atoms with E-state index in [0.717, 1.165) is 34.6 Å². The maximum atomic E-state index is 13.2. The molecular weight excluding hydrogens is 412 g/mol. The Labute approximate surface area is 186 Å². The highest BCUT2D eigenvalue weighted by molar-refractivity contribution is 7.12. The molecule has 2 aromatic rings. The molecule has 0 spiro atoms. The van der Waals surface area contributed by atoms with Gasteiger partial charge in [-0.2, -0.15) is 0 Å². The van der Waals surface area contributed by atoms with Crippen LogP contribution >= 0.6 is 11.3 Å². The van der Waals surface area contributed by atoms with Gasteiger partial charge in [0.1, 0.15) is 5.75 Å². The normalized spacial score (nSPS) is 21.2. The number of ketones is 1. The van der Waals surface area contributed by atoms with Gasteiger partial charge in [-0.05, 0) is 61.9 Å². The number of carbonyl (C=O) groups is 2. The first kappa shape index (κ1) is 21.6. The highest BCUT2D eigenvalue weighted by Gasteiger charge is 2.44. The van der Waals surface area contributed by atoms with Gasteiger partial charge >= 0.3 is 5.97 Å². The van der Waals surface area contributed by atoms with Crippen molar-refractivity contribution >= 4 is 23.1 Å². The lowest BCUT2D eigenvalue weighted by molar-refractivity contribution is -0.158. The van der Waals surface area contributed by atoms with Crippen LogP contribution in [-0.4, -0.2) is 28.1 Å². The fourth-order valence-electron chi connectivity index (χ4n) is 4.43. The fraction of sp³-hybridized carbons (Fsp3) is 0.440. The van der Waals surface area contributed by atoms with Gasteiger partial charge in [0, 0.05) is 21.6 Å². The van der Waals surface area contributed by atoms with Crippen LogP contribution in [0.1, 0.15) is 53.8 Å². The number of Topliss-reactive ketones (excluding diaryl/α,β-unsaturated/α-hetero) is 1. The van der Waals surface area contributed by atoms with Gasteiger partial charge in [0.05, 0.1) is 5.57 Å². The lowest BCUT2D eigenvalue weighted by Gasteiger charge is -2.31. The molecule has 0 radical (unpaired) electrons. The number of esters is 1. The molecular formula is C25H28O5S. The van der Waals surface area contributed by atoms with Gasteiger partial charge in [-0.1, -0.05) is 31.9 Å². The van der Waals surface area contributed by atoms with E-state index in [1.807, 2.05) is 38.1 Å². The Kier molecular flexibility index (Phi) is 6.19. The molecule has 2 N–H and O–H groups in total. The maximum Gasteiger partial charge on any atom is 0.339 e. The lowest BCUT2D eigenvalue weighted by atomic mass is 9.83. The number of cyclic esters (lactones) is 1. The molecule has 1 aliphatic heterocycles. The van der Waals surface area contributed by atoms with Crippen LogP contribution in [0.4, 0.5) is 0 Å². The molecule has 6 heteroatoms. The van der Waals surface area contributed by atoms with Crippen molar-refractivity contribution in [3.63, 3.8) is 0 Å². The largest absolute Gasteiger partial charge is 0.508 e. The average Bonchev–Trinajstić information content (AvgIpc) is 3.47. The summed E-state index contributed by atoms with van der Waals surface area (Å²) in [5, 5.41) is 20.4. The topological polar surface area (TPSA) is 83.8 Å². The third-order valence-corrected chi connectivity index (χ3v) is 7.37. The number of hydrogen-bond acceptors (Lipinski definition) is 6. The molecule has 1 fully saturated rings. The molecule has 1 aliphatic carbocycles. The van der Waals surface area contributed by atoms with Crippen molar-refractivity contribution in [3.8, 4) is 5.75 Å². The van der Waals surface area contributed by atoms with Crippen molar-refractivity contribution in [1.82, 2.24) is 0 Å². The first-order valence-corrected chi connectivity index (χ1v) is 11.7. The van der Waals surface area contributed by atoms with E-state index in [1.165, 1.54) is 0 Å². The van der Waals surface area contributed by atoms with Gasteiger partial charge in [-0.3, -0.25) is 4.79 Å². The smallest absolute Gasteiger partial charge is 0.339 e. The molecule has 1 saturated carbocycles. The van der Waals surface area contributed by atoms with E-state index in [4.69, 9.17) is 4.74 Å². The molecule has 1 aromatic heterocycles. The van der Waals surface area contributed by atoms with E-state index in [0.29, 0.717) is 18.8 Å². The molecule has 0 bridgehead atoms. The molecule has 31 heavy (non-hydrogen) atoms. The zero-order valence-corrected chi connectivity index (χ0v) is 18.7. The minimum Gasteiger partial charge on any atom is -0.508 e. The van der Waals surface area contributed by atoms with Gasteiger partial charge in [0.2, 0.25) is 5.78 Å². The molecule has 0 saturated heterocycles. The maximum absolute atomic E-state index is 13.2. The highest BCUT2D eigenvalue weighted by atomic mass is 32.1. The fourth-order valence-corrected chi connectivity index (χ4v) is 5.50. The minimum absolute atomic E-state index is 0.0837. The van der Waals surface area contributed by atoms with Crippen molar-refractivity contribution < 1.29 is 24.5 Å². The first-order valence-electron chi connectivity index (χ1n) is 10.9. The summed E-state index contributed by atoms with van der Waals surface area (Å²) in [4.78, 5) is 28.3. The van der Waals surface area contributed by atoms with E-state index in [-0.39, 0.29) is 23.2 Å². The summed E-state index contributed by atoms with van der Waals surface area (Å²) in [7, 11) is 0. The van der Waals surface area contributed by atoms with Crippen molar-refractivity contribution in [2.75, 3.05) is 0 Å². The summed E-state index contributed by atoms with van der Waals surface area (Å²) in [6, 6.07) is 10.8. The van der Waals surface area contributed by atoms with Crippen molar-refractivity contribution in [1.29, 1.82) is 0 Å². The third kappa shape index (κ3) is 4.69. The number of phenols is 1. The zero-order valence-electron chi connectivity index (χ0n) is 17.8. The number of hydrogen-bond donors (Lipinski definition) is 2. The van der Waals surface area contributed by atoms with Crippen molar-refractivity contribution in [2.24, 2.45) is 11.8 Å². The van der Waals surface area contributed by atoms with E-state index < -0.39 is 23.6 Å². The molecule has 3 unspecified atom stereocenters. The summed E-state index contributed by atoms with van der Waals surface area (Å²) in [5.41, 5.74) is 1.04. The standard InChI is InChI=1S/C25H28O5S/c1-3-19(20-11-4-14(2)31-20)21-22(27)23(28)24(30-25(21)29)17(12-15-5-6-15)13-16-7-9-18(26)10-8-16/h4,7-11,15,17,19,24,26-27H,3,5-6,12-13H2,1-2H3. The molecule has 2 heterocycles. The number of rotatable bonds is 8. The summed E-state index contributed by atoms with van der Waals surface area (Å²) in [5.74, 6) is -1.37. The van der Waals surface area contributed by atoms with Crippen LogP contribution in [0.5, 0.6) is 5.75 Å². The summed E-state index contributed by atoms with van der Waals surface area (Å²) >= 11 is 1.56. The Balaban J connectivity index is 1.62. The van der Waals surface area contributed by atoms with Crippen LogP contribution in [-0.2, 0) is 20.7 Å². The van der Waals surface area contributed by atoms with E-state index in [9.17, 15) is 19.8 Å². The summed E-state index contributed by atoms with van der Waals surface area (Å²) in [6.45, 7) is 3.92. The number of aliphatic hydroxyl groups is 1. The Morgan fingerprint density at radius 2 is 1.81 bits per heavy atom. The van der Waals surface area contributed by atoms with Crippen LogP contribution in [0.15, 0.2) is 47.7 Å². The van der Waals surface area contributed by atoms with Gasteiger partial charge in [-0.15, -0.1) is 11.3 Å². The second kappa shape index (κ2) is 8.87. The number of benzene rings is 1. The second-order valence-electron chi connectivity index (χ2n) is 8.67. The quantitative estimate of drug-likeness (QED) is 0.550. The van der Waals surface area contributed by atoms with E-state index in [1.54, 1.807) is 23.5 Å². The number of thiophene rings is 1. The van der Waals surface area contributed by atoms with Crippen LogP contribution < -0.4 is 0 Å². The number of aromatic hydroxyl groups is 1. The number of ether oxygens (including phenoxy) is 1. The van der Waals surface area contributed by atoms with Gasteiger partial charge in [0.25, 0.3) is 0 Å². The van der Waals surface area contributed by atoms with Crippen molar-refractivity contribution in [3.05, 3.63) is 63.0 Å². The SMILES string of the molecule is CCC(C1=C(O)C(=O)C(C(Cc2ccc(O)cc2)CC2CC2)OC1=O)c1ccc(C)s1. The number of aryl methyl sites for hydroxylation is 1. The predicted octanol–water partition coefficient (Wildman–Crippen LogP) is 5.22. The molecule has 164 valence electrons. The van der Waals surface area contributed by atoms with Gasteiger partial charge < -0.3 is 14.9 Å². The Hall–Kier alpha value is -2.60. The van der Waals surface area contributed by atoms with Crippen molar-refractivity contribution in [2.45, 2.75) is 58.0 Å². The molecule has 5 nitrogen and oxygen atoms in total. The molecule has 3 atom stereocenters. The summed E-state index contributed by atoms with van der Waals surface area (Å²) < 4.78 is 5.73. The number of phenolic OH excluding ortho intramolecular Hbond substituents is 1. The molecule has 0 amide bonds. The molecule has 4 rings (SSSR count). The van der Waals surface area contributed by atoms with Crippen LogP contribution in [0.2, 0.25) is 0 Å². The average molecular weight is 441 g/mol. The monoisotopic (exact) mass is 440 g/mol. The van der Waals surface area contributed by atoms with Crippen LogP contribution in [0.25, 0.3) is 0 Å². The number of aliphatic hydroxyl groups excluding tert-OH is 1. The van der Waals surface area contributed by atoms with Gasteiger partial charge in [-0.25, -0.2) is 4.79 Å². The third-order valence-electron chi connectivity index (χ3n) is 6.26. The minimum atomic E-state index is -0.978. The zero-order chi connectivity index (χ0) is 22.1. The van der Waals surface area contributed by atoms with E-state index >= 15 is 0 Å². The Bertz CT molecular complexity index is 999. The van der Waals surface area contributed by atoms with E-state index in [2.05, 4.69) is 0 Å². The van der Waals surface area contributed by atoms with Gasteiger partial charge in [0.15, 0.2) is 11.9 Å². The Morgan fingerprint density at radius 3 is 2.39 bits per heavy atom. The highest BCUT2D eigenvalue weighted by Crippen LogP contribution is 2.41. The van der Waals surface area contributed by atoms with Crippen LogP contribution in [0.3, 0.4) is 0 Å². The summed E-state index contributed by atoms with van der Waals surface area (Å²) in [6.07, 6.45) is 3.16. The predicted molar refractivity (Wildman–Crippen MR) is 119 cm³/mol. The molecule has 1 aromatic carbocycles. The lowest BCUT2D eigenvalue weighted by Crippen LogP contribution is -2.42. The number of carbonyl (C=O) groups excluding carboxylic acids is 2.